The predicted octanol–water partition coefficient (Wildman–Crippen LogP) is 2.71. The molecule has 0 aliphatic carbocycles. The summed E-state index contributed by atoms with van der Waals surface area (Å²) in [4.78, 5) is 4.29. The zero-order valence-electron chi connectivity index (χ0n) is 10.9. The minimum atomic E-state index is -0.311. The first kappa shape index (κ1) is 13.3. The second-order valence-electron chi connectivity index (χ2n) is 4.05. The summed E-state index contributed by atoms with van der Waals surface area (Å²) in [6.45, 7) is 6.19. The molecule has 19 heavy (non-hydrogen) atoms. The summed E-state index contributed by atoms with van der Waals surface area (Å²) in [5.41, 5.74) is 6.72. The lowest BCUT2D eigenvalue weighted by atomic mass is 10.2. The van der Waals surface area contributed by atoms with Crippen molar-refractivity contribution in [3.05, 3.63) is 42.8 Å². The van der Waals surface area contributed by atoms with Crippen molar-refractivity contribution >= 4 is 0 Å². The molecule has 1 atom stereocenters. The van der Waals surface area contributed by atoms with E-state index in [-0.39, 0.29) is 6.04 Å². The van der Waals surface area contributed by atoms with Gasteiger partial charge in [0.2, 0.25) is 11.7 Å². The average molecular weight is 259 g/mol. The van der Waals surface area contributed by atoms with Crippen molar-refractivity contribution in [3.8, 4) is 17.1 Å². The molecule has 5 heteroatoms. The first-order chi connectivity index (χ1) is 9.24. The molecule has 1 aromatic carbocycles. The Morgan fingerprint density at radius 3 is 3.11 bits per heavy atom. The first-order valence-electron chi connectivity index (χ1n) is 6.18. The molecule has 2 N–H and O–H groups in total. The standard InChI is InChI=1S/C14H17N3O2/c1-3-6-12(15)14-16-13(17-19-14)10-7-5-8-11(9-10)18-4-2/h3,5,7-9,12H,1,4,6,15H2,2H3. The Labute approximate surface area is 112 Å². The maximum atomic E-state index is 5.88. The molecule has 0 aliphatic rings. The molecule has 5 nitrogen and oxygen atoms in total. The molecule has 0 aliphatic heterocycles. The van der Waals surface area contributed by atoms with Gasteiger partial charge in [-0.1, -0.05) is 23.4 Å². The van der Waals surface area contributed by atoms with Crippen LogP contribution in [0.3, 0.4) is 0 Å². The van der Waals surface area contributed by atoms with Crippen LogP contribution in [-0.4, -0.2) is 16.7 Å². The molecule has 1 heterocycles. The number of rotatable bonds is 6. The van der Waals surface area contributed by atoms with Crippen molar-refractivity contribution in [2.75, 3.05) is 6.61 Å². The van der Waals surface area contributed by atoms with E-state index in [9.17, 15) is 0 Å². The van der Waals surface area contributed by atoms with Crippen LogP contribution in [0.15, 0.2) is 41.4 Å². The molecule has 0 amide bonds. The van der Waals surface area contributed by atoms with Crippen LogP contribution in [0, 0.1) is 0 Å². The number of hydrogen-bond donors (Lipinski definition) is 1. The molecule has 0 spiro atoms. The van der Waals surface area contributed by atoms with E-state index >= 15 is 0 Å². The van der Waals surface area contributed by atoms with E-state index in [4.69, 9.17) is 15.0 Å². The summed E-state index contributed by atoms with van der Waals surface area (Å²) >= 11 is 0. The first-order valence-corrected chi connectivity index (χ1v) is 6.18. The third kappa shape index (κ3) is 3.20. The number of ether oxygens (including phenoxy) is 1. The number of aromatic nitrogens is 2. The fourth-order valence-electron chi connectivity index (χ4n) is 1.68. The lowest BCUT2D eigenvalue weighted by Crippen LogP contribution is -2.09. The van der Waals surface area contributed by atoms with E-state index in [2.05, 4.69) is 16.7 Å². The van der Waals surface area contributed by atoms with Gasteiger partial charge in [-0.15, -0.1) is 6.58 Å². The lowest BCUT2D eigenvalue weighted by molar-refractivity contribution is 0.340. The molecule has 2 rings (SSSR count). The molecule has 0 saturated carbocycles. The van der Waals surface area contributed by atoms with Gasteiger partial charge in [-0.3, -0.25) is 0 Å². The van der Waals surface area contributed by atoms with Crippen molar-refractivity contribution in [1.29, 1.82) is 0 Å². The molecule has 0 radical (unpaired) electrons. The van der Waals surface area contributed by atoms with Crippen molar-refractivity contribution in [2.45, 2.75) is 19.4 Å². The SMILES string of the molecule is C=CCC(N)c1nc(-c2cccc(OCC)c2)no1. The quantitative estimate of drug-likeness (QED) is 0.807. The van der Waals surface area contributed by atoms with Crippen LogP contribution in [0.25, 0.3) is 11.4 Å². The van der Waals surface area contributed by atoms with E-state index < -0.39 is 0 Å². The molecule has 2 aromatic rings. The van der Waals surface area contributed by atoms with Gasteiger partial charge in [0.15, 0.2) is 0 Å². The molecular weight excluding hydrogens is 242 g/mol. The normalized spacial score (nSPS) is 12.1. The number of hydrogen-bond acceptors (Lipinski definition) is 5. The van der Waals surface area contributed by atoms with Crippen molar-refractivity contribution in [1.82, 2.24) is 10.1 Å². The molecular formula is C14H17N3O2. The Morgan fingerprint density at radius 1 is 1.53 bits per heavy atom. The molecule has 100 valence electrons. The Hall–Kier alpha value is -2.14. The highest BCUT2D eigenvalue weighted by molar-refractivity contribution is 5.56. The Balaban J connectivity index is 2.22. The molecule has 1 unspecified atom stereocenters. The van der Waals surface area contributed by atoms with Crippen LogP contribution in [0.2, 0.25) is 0 Å². The molecule has 1 aromatic heterocycles. The highest BCUT2D eigenvalue weighted by Crippen LogP contribution is 2.23. The Morgan fingerprint density at radius 2 is 2.37 bits per heavy atom. The minimum Gasteiger partial charge on any atom is -0.494 e. The summed E-state index contributed by atoms with van der Waals surface area (Å²) in [6.07, 6.45) is 2.32. The Bertz CT molecular complexity index is 551. The highest BCUT2D eigenvalue weighted by atomic mass is 16.5. The zero-order chi connectivity index (χ0) is 13.7. The minimum absolute atomic E-state index is 0.311. The van der Waals surface area contributed by atoms with Crippen LogP contribution < -0.4 is 10.5 Å². The number of nitrogens with two attached hydrogens (primary N) is 1. The van der Waals surface area contributed by atoms with Gasteiger partial charge in [-0.2, -0.15) is 4.98 Å². The topological polar surface area (TPSA) is 74.2 Å². The summed E-state index contributed by atoms with van der Waals surface area (Å²) < 4.78 is 10.6. The highest BCUT2D eigenvalue weighted by Gasteiger charge is 2.14. The van der Waals surface area contributed by atoms with E-state index in [0.29, 0.717) is 24.7 Å². The second kappa shape index (κ2) is 6.15. The van der Waals surface area contributed by atoms with Crippen LogP contribution >= 0.6 is 0 Å². The average Bonchev–Trinajstić information content (AvgIpc) is 2.89. The van der Waals surface area contributed by atoms with Gasteiger partial charge in [0.25, 0.3) is 0 Å². The van der Waals surface area contributed by atoms with Crippen LogP contribution in [0.1, 0.15) is 25.3 Å². The lowest BCUT2D eigenvalue weighted by Gasteiger charge is -2.03. The summed E-state index contributed by atoms with van der Waals surface area (Å²) in [7, 11) is 0. The fourth-order valence-corrected chi connectivity index (χ4v) is 1.68. The van der Waals surface area contributed by atoms with Gasteiger partial charge >= 0.3 is 0 Å². The summed E-state index contributed by atoms with van der Waals surface area (Å²) in [5.74, 6) is 1.70. The summed E-state index contributed by atoms with van der Waals surface area (Å²) in [6, 6.07) is 7.24. The van der Waals surface area contributed by atoms with E-state index in [1.165, 1.54) is 0 Å². The number of nitrogens with zero attached hydrogens (tertiary/aromatic N) is 2. The molecule has 0 saturated heterocycles. The van der Waals surface area contributed by atoms with Gasteiger partial charge in [0.1, 0.15) is 5.75 Å². The smallest absolute Gasteiger partial charge is 0.244 e. The third-order valence-corrected chi connectivity index (χ3v) is 2.58. The van der Waals surface area contributed by atoms with Crippen LogP contribution in [0.5, 0.6) is 5.75 Å². The fraction of sp³-hybridized carbons (Fsp3) is 0.286. The van der Waals surface area contributed by atoms with Gasteiger partial charge < -0.3 is 15.0 Å². The predicted molar refractivity (Wildman–Crippen MR) is 72.6 cm³/mol. The van der Waals surface area contributed by atoms with Crippen molar-refractivity contribution in [3.63, 3.8) is 0 Å². The van der Waals surface area contributed by atoms with Gasteiger partial charge in [-0.05, 0) is 25.5 Å². The third-order valence-electron chi connectivity index (χ3n) is 2.58. The van der Waals surface area contributed by atoms with E-state index in [0.717, 1.165) is 11.3 Å². The molecule has 0 fully saturated rings. The summed E-state index contributed by atoms with van der Waals surface area (Å²) in [5, 5.41) is 3.94. The van der Waals surface area contributed by atoms with Gasteiger partial charge in [0.05, 0.1) is 12.6 Å². The monoisotopic (exact) mass is 259 g/mol. The molecule has 0 bridgehead atoms. The zero-order valence-corrected chi connectivity index (χ0v) is 10.9. The second-order valence-corrected chi connectivity index (χ2v) is 4.05. The maximum Gasteiger partial charge on any atom is 0.244 e. The number of benzene rings is 1. The van der Waals surface area contributed by atoms with Crippen LogP contribution in [-0.2, 0) is 0 Å². The van der Waals surface area contributed by atoms with Crippen LogP contribution in [0.4, 0.5) is 0 Å². The van der Waals surface area contributed by atoms with E-state index in [1.807, 2.05) is 31.2 Å². The Kier molecular flexibility index (Phi) is 4.30. The maximum absolute atomic E-state index is 5.88. The van der Waals surface area contributed by atoms with Gasteiger partial charge in [0, 0.05) is 5.56 Å². The van der Waals surface area contributed by atoms with E-state index in [1.54, 1.807) is 6.08 Å². The van der Waals surface area contributed by atoms with Gasteiger partial charge in [-0.25, -0.2) is 0 Å². The largest absolute Gasteiger partial charge is 0.494 e. The van der Waals surface area contributed by atoms with Crippen molar-refractivity contribution in [2.24, 2.45) is 5.73 Å². The van der Waals surface area contributed by atoms with Crippen molar-refractivity contribution < 1.29 is 9.26 Å².